The second-order valence-electron chi connectivity index (χ2n) is 3.45. The number of aromatic amines is 1. The molecule has 17 heavy (non-hydrogen) atoms. The molecule has 0 radical (unpaired) electrons. The Kier molecular flexibility index (Phi) is 4.11. The zero-order valence-electron chi connectivity index (χ0n) is 9.53. The van der Waals surface area contributed by atoms with Crippen molar-refractivity contribution < 1.29 is 4.74 Å². The summed E-state index contributed by atoms with van der Waals surface area (Å²) in [4.78, 5) is 8.16. The first-order chi connectivity index (χ1) is 8.31. The number of hydrogen-bond donors (Lipinski definition) is 2. The Morgan fingerprint density at radius 1 is 1.47 bits per heavy atom. The number of halogens is 1. The number of aromatic nitrogens is 4. The van der Waals surface area contributed by atoms with E-state index >= 15 is 0 Å². The standard InChI is InChI=1S/C10H14ClN5O/c1-2-17-5-3-4-12-8-7-6-13-16-9(7)15-10(11)14-8/h6H,2-5H2,1H3,(H2,12,13,14,15,16). The van der Waals surface area contributed by atoms with Crippen LogP contribution in [-0.2, 0) is 4.74 Å². The maximum Gasteiger partial charge on any atom is 0.226 e. The summed E-state index contributed by atoms with van der Waals surface area (Å²) in [5, 5.41) is 10.9. The summed E-state index contributed by atoms with van der Waals surface area (Å²) in [7, 11) is 0. The van der Waals surface area contributed by atoms with Gasteiger partial charge >= 0.3 is 0 Å². The van der Waals surface area contributed by atoms with Gasteiger partial charge in [0.05, 0.1) is 11.6 Å². The molecule has 0 aliphatic carbocycles. The van der Waals surface area contributed by atoms with E-state index in [1.807, 2.05) is 6.92 Å². The predicted molar refractivity (Wildman–Crippen MR) is 66.3 cm³/mol. The Morgan fingerprint density at radius 3 is 3.18 bits per heavy atom. The van der Waals surface area contributed by atoms with Crippen LogP contribution in [0.1, 0.15) is 13.3 Å². The highest BCUT2D eigenvalue weighted by Gasteiger charge is 2.07. The van der Waals surface area contributed by atoms with Gasteiger partial charge in [-0.25, -0.2) is 0 Å². The van der Waals surface area contributed by atoms with E-state index in [9.17, 15) is 0 Å². The number of fused-ring (bicyclic) bond motifs is 1. The normalized spacial score (nSPS) is 10.9. The van der Waals surface area contributed by atoms with E-state index in [1.54, 1.807) is 6.20 Å². The van der Waals surface area contributed by atoms with Crippen molar-refractivity contribution >= 4 is 28.5 Å². The molecule has 0 unspecified atom stereocenters. The fraction of sp³-hybridized carbons (Fsp3) is 0.500. The van der Waals surface area contributed by atoms with Gasteiger partial charge in [0.1, 0.15) is 5.82 Å². The molecule has 0 bridgehead atoms. The summed E-state index contributed by atoms with van der Waals surface area (Å²) >= 11 is 5.81. The van der Waals surface area contributed by atoms with Crippen molar-refractivity contribution in [1.29, 1.82) is 0 Å². The summed E-state index contributed by atoms with van der Waals surface area (Å²) in [5.41, 5.74) is 0.636. The van der Waals surface area contributed by atoms with Crippen LogP contribution in [0.15, 0.2) is 6.20 Å². The summed E-state index contributed by atoms with van der Waals surface area (Å²) in [6, 6.07) is 0. The second-order valence-corrected chi connectivity index (χ2v) is 3.79. The molecule has 0 atom stereocenters. The molecule has 92 valence electrons. The van der Waals surface area contributed by atoms with Crippen molar-refractivity contribution in [1.82, 2.24) is 20.2 Å². The van der Waals surface area contributed by atoms with E-state index in [4.69, 9.17) is 16.3 Å². The van der Waals surface area contributed by atoms with Gasteiger partial charge < -0.3 is 10.1 Å². The average Bonchev–Trinajstić information content (AvgIpc) is 2.76. The van der Waals surface area contributed by atoms with Crippen LogP contribution in [0.25, 0.3) is 11.0 Å². The molecule has 2 rings (SSSR count). The molecule has 7 heteroatoms. The van der Waals surface area contributed by atoms with Crippen LogP contribution < -0.4 is 5.32 Å². The highest BCUT2D eigenvalue weighted by Crippen LogP contribution is 2.19. The molecule has 0 aliphatic heterocycles. The van der Waals surface area contributed by atoms with Crippen LogP contribution in [0, 0.1) is 0 Å². The van der Waals surface area contributed by atoms with Crippen LogP contribution >= 0.6 is 11.6 Å². The van der Waals surface area contributed by atoms with Gasteiger partial charge in [-0.15, -0.1) is 0 Å². The van der Waals surface area contributed by atoms with E-state index < -0.39 is 0 Å². The first kappa shape index (κ1) is 12.1. The molecule has 0 spiro atoms. The van der Waals surface area contributed by atoms with Crippen LogP contribution in [0.3, 0.4) is 0 Å². The first-order valence-electron chi connectivity index (χ1n) is 5.49. The van der Waals surface area contributed by atoms with Gasteiger partial charge in [0.25, 0.3) is 0 Å². The van der Waals surface area contributed by atoms with Gasteiger partial charge in [-0.1, -0.05) is 0 Å². The van der Waals surface area contributed by atoms with Gasteiger partial charge in [-0.2, -0.15) is 15.1 Å². The molecule has 0 fully saturated rings. The minimum absolute atomic E-state index is 0.203. The van der Waals surface area contributed by atoms with E-state index in [0.29, 0.717) is 11.5 Å². The lowest BCUT2D eigenvalue weighted by molar-refractivity contribution is 0.147. The van der Waals surface area contributed by atoms with Gasteiger partial charge in [0.2, 0.25) is 5.28 Å². The Balaban J connectivity index is 2.00. The summed E-state index contributed by atoms with van der Waals surface area (Å²) < 4.78 is 5.25. The number of anilines is 1. The predicted octanol–water partition coefficient (Wildman–Crippen LogP) is 1.84. The summed E-state index contributed by atoms with van der Waals surface area (Å²) in [6.45, 7) is 4.22. The third kappa shape index (κ3) is 3.04. The molecule has 6 nitrogen and oxygen atoms in total. The van der Waals surface area contributed by atoms with E-state index in [2.05, 4.69) is 25.5 Å². The van der Waals surface area contributed by atoms with Crippen LogP contribution in [0.2, 0.25) is 5.28 Å². The quantitative estimate of drug-likeness (QED) is 0.609. The molecule has 0 saturated heterocycles. The molecule has 0 saturated carbocycles. The van der Waals surface area contributed by atoms with E-state index in [0.717, 1.165) is 31.6 Å². The van der Waals surface area contributed by atoms with Crippen molar-refractivity contribution in [3.05, 3.63) is 11.5 Å². The first-order valence-corrected chi connectivity index (χ1v) is 5.87. The van der Waals surface area contributed by atoms with Gasteiger partial charge in [0, 0.05) is 19.8 Å². The number of rotatable bonds is 6. The second kappa shape index (κ2) is 5.79. The fourth-order valence-corrected chi connectivity index (χ4v) is 1.64. The molecule has 2 aromatic heterocycles. The molecular formula is C10H14ClN5O. The number of H-pyrrole nitrogens is 1. The van der Waals surface area contributed by atoms with Crippen molar-refractivity contribution in [2.45, 2.75) is 13.3 Å². The fourth-order valence-electron chi connectivity index (χ4n) is 1.47. The third-order valence-electron chi connectivity index (χ3n) is 2.24. The average molecular weight is 256 g/mol. The SMILES string of the molecule is CCOCCCNc1nc(Cl)nc2[nH]ncc12. The molecular weight excluding hydrogens is 242 g/mol. The Morgan fingerprint density at radius 2 is 2.35 bits per heavy atom. The maximum atomic E-state index is 5.81. The minimum Gasteiger partial charge on any atom is -0.382 e. The number of hydrogen-bond acceptors (Lipinski definition) is 5. The molecule has 0 aliphatic rings. The lowest BCUT2D eigenvalue weighted by atomic mass is 10.3. The zero-order chi connectivity index (χ0) is 12.1. The summed E-state index contributed by atoms with van der Waals surface area (Å²) in [6.07, 6.45) is 2.59. The van der Waals surface area contributed by atoms with E-state index in [1.165, 1.54) is 0 Å². The lowest BCUT2D eigenvalue weighted by Gasteiger charge is -2.06. The van der Waals surface area contributed by atoms with Crippen LogP contribution in [0.5, 0.6) is 0 Å². The third-order valence-corrected chi connectivity index (χ3v) is 2.41. The summed E-state index contributed by atoms with van der Waals surface area (Å²) in [5.74, 6) is 0.699. The molecule has 2 aromatic rings. The number of nitrogens with one attached hydrogen (secondary N) is 2. The van der Waals surface area contributed by atoms with Gasteiger partial charge in [-0.05, 0) is 24.9 Å². The molecule has 0 amide bonds. The Bertz CT molecular complexity index is 487. The topological polar surface area (TPSA) is 75.7 Å². The molecule has 2 N–H and O–H groups in total. The highest BCUT2D eigenvalue weighted by molar-refractivity contribution is 6.28. The maximum absolute atomic E-state index is 5.81. The van der Waals surface area contributed by atoms with Crippen molar-refractivity contribution in [3.63, 3.8) is 0 Å². The smallest absolute Gasteiger partial charge is 0.226 e. The van der Waals surface area contributed by atoms with Crippen molar-refractivity contribution in [3.8, 4) is 0 Å². The van der Waals surface area contributed by atoms with Crippen molar-refractivity contribution in [2.75, 3.05) is 25.1 Å². The number of ether oxygens (including phenoxy) is 1. The Labute approximate surface area is 104 Å². The monoisotopic (exact) mass is 255 g/mol. The lowest BCUT2D eigenvalue weighted by Crippen LogP contribution is -2.07. The van der Waals surface area contributed by atoms with Crippen LogP contribution in [-0.4, -0.2) is 39.9 Å². The minimum atomic E-state index is 0.203. The molecule has 0 aromatic carbocycles. The number of nitrogens with zero attached hydrogens (tertiary/aromatic N) is 3. The highest BCUT2D eigenvalue weighted by atomic mass is 35.5. The molecule has 2 heterocycles. The van der Waals surface area contributed by atoms with Crippen molar-refractivity contribution in [2.24, 2.45) is 0 Å². The van der Waals surface area contributed by atoms with Crippen LogP contribution in [0.4, 0.5) is 5.82 Å². The van der Waals surface area contributed by atoms with Gasteiger partial charge in [0.15, 0.2) is 5.65 Å². The van der Waals surface area contributed by atoms with Gasteiger partial charge in [-0.3, -0.25) is 5.10 Å². The van der Waals surface area contributed by atoms with E-state index in [-0.39, 0.29) is 5.28 Å². The Hall–Kier alpha value is -1.40. The zero-order valence-corrected chi connectivity index (χ0v) is 10.3. The largest absolute Gasteiger partial charge is 0.382 e.